The second-order valence-electron chi connectivity index (χ2n) is 12.1. The molecule has 9 heteroatoms. The average molecular weight is 579 g/mol. The van der Waals surface area contributed by atoms with E-state index < -0.39 is 11.9 Å². The fraction of sp³-hybridized carbons (Fsp3) is 0.353. The highest BCUT2D eigenvalue weighted by Gasteiger charge is 2.47. The van der Waals surface area contributed by atoms with Crippen LogP contribution < -0.4 is 10.6 Å². The van der Waals surface area contributed by atoms with E-state index in [9.17, 15) is 19.2 Å². The van der Waals surface area contributed by atoms with E-state index in [-0.39, 0.29) is 29.7 Å². The van der Waals surface area contributed by atoms with Crippen molar-refractivity contribution in [2.24, 2.45) is 0 Å². The highest BCUT2D eigenvalue weighted by Crippen LogP contribution is 2.47. The fourth-order valence-corrected chi connectivity index (χ4v) is 6.98. The van der Waals surface area contributed by atoms with Crippen LogP contribution in [0.5, 0.6) is 0 Å². The molecule has 7 rings (SSSR count). The van der Waals surface area contributed by atoms with Crippen LogP contribution in [-0.4, -0.2) is 52.6 Å². The third kappa shape index (κ3) is 5.02. The lowest BCUT2D eigenvalue weighted by atomic mass is 9.82. The molecule has 220 valence electrons. The van der Waals surface area contributed by atoms with Crippen molar-refractivity contribution >= 4 is 29.3 Å². The van der Waals surface area contributed by atoms with Gasteiger partial charge in [-0.3, -0.25) is 29.4 Å². The molecule has 2 saturated heterocycles. The SMILES string of the molecule is Cc1ccc(C(=O)Nc2cccc(CN3CCC4(CC3)OCc3c4ccc4c3CN(C3CCC(=O)NC3=O)C4=O)c2)cc1. The standard InChI is InChI=1S/C34H34N4O5/c1-21-5-7-23(8-6-21)31(40)35-24-4-2-3-22(17-24)18-37-15-13-34(14-16-37)28-10-9-25-26(27(28)20-43-34)19-38(33(25)42)29-11-12-30(39)36-32(29)41/h2-10,17,29H,11-16,18-20H2,1H3,(H,35,40)(H,36,39,41). The molecule has 3 aromatic carbocycles. The summed E-state index contributed by atoms with van der Waals surface area (Å²) in [6.07, 6.45) is 2.27. The molecule has 4 amide bonds. The van der Waals surface area contributed by atoms with Gasteiger partial charge in [-0.05, 0) is 78.8 Å². The van der Waals surface area contributed by atoms with Crippen molar-refractivity contribution in [1.29, 1.82) is 0 Å². The fourth-order valence-electron chi connectivity index (χ4n) is 6.98. The number of nitrogens with one attached hydrogen (secondary N) is 2. The van der Waals surface area contributed by atoms with Gasteiger partial charge in [0, 0.05) is 49.4 Å². The zero-order chi connectivity index (χ0) is 29.7. The van der Waals surface area contributed by atoms with Crippen LogP contribution in [0.4, 0.5) is 5.69 Å². The van der Waals surface area contributed by atoms with Crippen molar-refractivity contribution in [2.45, 2.75) is 63.9 Å². The molecular weight excluding hydrogens is 544 g/mol. The highest BCUT2D eigenvalue weighted by molar-refractivity contribution is 6.06. The molecule has 9 nitrogen and oxygen atoms in total. The van der Waals surface area contributed by atoms with Crippen molar-refractivity contribution in [3.63, 3.8) is 0 Å². The quantitative estimate of drug-likeness (QED) is 0.443. The Bertz CT molecular complexity index is 1640. The van der Waals surface area contributed by atoms with Gasteiger partial charge in [0.25, 0.3) is 11.8 Å². The number of likely N-dealkylation sites (tertiary alicyclic amines) is 1. The number of imide groups is 1. The van der Waals surface area contributed by atoms with Crippen LogP contribution in [0.3, 0.4) is 0 Å². The predicted molar refractivity (Wildman–Crippen MR) is 159 cm³/mol. The molecule has 4 aliphatic rings. The van der Waals surface area contributed by atoms with Gasteiger partial charge < -0.3 is 15.0 Å². The van der Waals surface area contributed by atoms with E-state index in [1.807, 2.05) is 61.5 Å². The summed E-state index contributed by atoms with van der Waals surface area (Å²) in [5.74, 6) is -0.957. The summed E-state index contributed by atoms with van der Waals surface area (Å²) >= 11 is 0. The highest BCUT2D eigenvalue weighted by atomic mass is 16.5. The number of fused-ring (bicyclic) bond motifs is 4. The Morgan fingerprint density at radius 2 is 1.81 bits per heavy atom. The molecule has 0 saturated carbocycles. The largest absolute Gasteiger partial charge is 0.365 e. The summed E-state index contributed by atoms with van der Waals surface area (Å²) in [5.41, 5.74) is 7.10. The Balaban J connectivity index is 1.01. The predicted octanol–water partition coefficient (Wildman–Crippen LogP) is 4.03. The topological polar surface area (TPSA) is 108 Å². The van der Waals surface area contributed by atoms with Crippen molar-refractivity contribution < 1.29 is 23.9 Å². The Kier molecular flexibility index (Phi) is 6.86. The molecule has 4 aliphatic heterocycles. The lowest BCUT2D eigenvalue weighted by Gasteiger charge is -2.39. The number of amides is 4. The number of hydrogen-bond donors (Lipinski definition) is 2. The van der Waals surface area contributed by atoms with E-state index in [4.69, 9.17) is 4.74 Å². The molecule has 43 heavy (non-hydrogen) atoms. The molecule has 1 atom stereocenters. The van der Waals surface area contributed by atoms with E-state index >= 15 is 0 Å². The normalized spacial score (nSPS) is 21.1. The Labute approximate surface area is 250 Å². The van der Waals surface area contributed by atoms with Crippen LogP contribution in [0.25, 0.3) is 0 Å². The smallest absolute Gasteiger partial charge is 0.255 e. The second kappa shape index (κ2) is 10.7. The maximum absolute atomic E-state index is 13.3. The first-order valence-corrected chi connectivity index (χ1v) is 14.9. The minimum atomic E-state index is -0.623. The molecule has 1 spiro atoms. The molecule has 0 aromatic heterocycles. The van der Waals surface area contributed by atoms with Crippen molar-refractivity contribution in [1.82, 2.24) is 15.1 Å². The van der Waals surface area contributed by atoms with Crippen LogP contribution in [-0.2, 0) is 39.6 Å². The molecule has 0 bridgehead atoms. The van der Waals surface area contributed by atoms with Gasteiger partial charge in [-0.25, -0.2) is 0 Å². The summed E-state index contributed by atoms with van der Waals surface area (Å²) in [5, 5.41) is 5.39. The second-order valence-corrected chi connectivity index (χ2v) is 12.1. The zero-order valence-corrected chi connectivity index (χ0v) is 24.2. The van der Waals surface area contributed by atoms with Gasteiger partial charge in [-0.1, -0.05) is 35.9 Å². The summed E-state index contributed by atoms with van der Waals surface area (Å²) in [6.45, 7) is 5.31. The van der Waals surface area contributed by atoms with Crippen LogP contribution in [0, 0.1) is 6.92 Å². The minimum Gasteiger partial charge on any atom is -0.365 e. The van der Waals surface area contributed by atoms with E-state index in [1.165, 1.54) is 0 Å². The number of anilines is 1. The van der Waals surface area contributed by atoms with Gasteiger partial charge >= 0.3 is 0 Å². The number of benzene rings is 3. The van der Waals surface area contributed by atoms with E-state index in [2.05, 4.69) is 21.6 Å². The van der Waals surface area contributed by atoms with Crippen molar-refractivity contribution in [3.05, 3.63) is 99.6 Å². The van der Waals surface area contributed by atoms with E-state index in [0.717, 1.165) is 66.0 Å². The Hall–Kier alpha value is -4.34. The summed E-state index contributed by atoms with van der Waals surface area (Å²) in [4.78, 5) is 54.1. The first-order valence-electron chi connectivity index (χ1n) is 14.9. The zero-order valence-electron chi connectivity index (χ0n) is 24.2. The van der Waals surface area contributed by atoms with Gasteiger partial charge in [-0.15, -0.1) is 0 Å². The number of carbonyl (C=O) groups excluding carboxylic acids is 4. The lowest BCUT2D eigenvalue weighted by molar-refractivity contribution is -0.136. The Morgan fingerprint density at radius 1 is 1.02 bits per heavy atom. The number of nitrogens with zero attached hydrogens (tertiary/aromatic N) is 2. The van der Waals surface area contributed by atoms with Crippen LogP contribution in [0.2, 0.25) is 0 Å². The summed E-state index contributed by atoms with van der Waals surface area (Å²) in [7, 11) is 0. The summed E-state index contributed by atoms with van der Waals surface area (Å²) < 4.78 is 6.51. The first-order chi connectivity index (χ1) is 20.8. The average Bonchev–Trinajstić information content (AvgIpc) is 3.52. The van der Waals surface area contributed by atoms with Gasteiger partial charge in [0.05, 0.1) is 12.2 Å². The number of rotatable bonds is 5. The maximum atomic E-state index is 13.3. The molecule has 3 aromatic rings. The Morgan fingerprint density at radius 3 is 2.58 bits per heavy atom. The minimum absolute atomic E-state index is 0.123. The van der Waals surface area contributed by atoms with Crippen LogP contribution in [0.1, 0.15) is 74.2 Å². The van der Waals surface area contributed by atoms with Gasteiger partial charge in [0.2, 0.25) is 11.8 Å². The van der Waals surface area contributed by atoms with Gasteiger partial charge in [0.1, 0.15) is 6.04 Å². The molecule has 0 aliphatic carbocycles. The van der Waals surface area contributed by atoms with E-state index in [0.29, 0.717) is 30.7 Å². The first kappa shape index (κ1) is 27.5. The third-order valence-electron chi connectivity index (χ3n) is 9.39. The number of carbonyl (C=O) groups is 4. The molecule has 0 radical (unpaired) electrons. The summed E-state index contributed by atoms with van der Waals surface area (Å²) in [6, 6.07) is 18.9. The van der Waals surface area contributed by atoms with Crippen molar-refractivity contribution in [2.75, 3.05) is 18.4 Å². The number of piperidine rings is 2. The van der Waals surface area contributed by atoms with Crippen molar-refractivity contribution in [3.8, 4) is 0 Å². The number of aryl methyl sites for hydroxylation is 1. The number of ether oxygens (including phenoxy) is 1. The maximum Gasteiger partial charge on any atom is 0.255 e. The molecule has 4 heterocycles. The van der Waals surface area contributed by atoms with E-state index in [1.54, 1.807) is 4.90 Å². The molecule has 2 fully saturated rings. The number of hydrogen-bond acceptors (Lipinski definition) is 6. The van der Waals surface area contributed by atoms with Crippen LogP contribution in [0.15, 0.2) is 60.7 Å². The van der Waals surface area contributed by atoms with Crippen LogP contribution >= 0.6 is 0 Å². The molecular formula is C34H34N4O5. The lowest BCUT2D eigenvalue weighted by Crippen LogP contribution is -2.52. The monoisotopic (exact) mass is 578 g/mol. The molecule has 2 N–H and O–H groups in total. The molecule has 1 unspecified atom stereocenters. The van der Waals surface area contributed by atoms with Gasteiger partial charge in [-0.2, -0.15) is 0 Å². The third-order valence-corrected chi connectivity index (χ3v) is 9.39. The van der Waals surface area contributed by atoms with Gasteiger partial charge in [0.15, 0.2) is 0 Å².